The third-order valence-electron chi connectivity index (χ3n) is 5.66. The number of aromatic amines is 1. The van der Waals surface area contributed by atoms with E-state index >= 15 is 0 Å². The lowest BCUT2D eigenvalue weighted by Crippen LogP contribution is -2.27. The van der Waals surface area contributed by atoms with Crippen LogP contribution < -0.4 is 15.5 Å². The highest BCUT2D eigenvalue weighted by molar-refractivity contribution is 5.82. The zero-order valence-corrected chi connectivity index (χ0v) is 14.7. The lowest BCUT2D eigenvalue weighted by molar-refractivity contribution is 0.409. The van der Waals surface area contributed by atoms with Gasteiger partial charge in [-0.1, -0.05) is 0 Å². The lowest BCUT2D eigenvalue weighted by Gasteiger charge is -2.21. The summed E-state index contributed by atoms with van der Waals surface area (Å²) in [5.74, 6) is 3.27. The fourth-order valence-electron chi connectivity index (χ4n) is 4.16. The topological polar surface area (TPSA) is 81.8 Å². The monoisotopic (exact) mass is 349 g/mol. The number of hydrogen-bond acceptors (Lipinski definition) is 6. The van der Waals surface area contributed by atoms with Crippen LogP contribution in [0, 0.1) is 11.8 Å². The number of nitrogens with zero attached hydrogens (tertiary/aromatic N) is 4. The molecule has 0 saturated carbocycles. The molecule has 4 heterocycles. The summed E-state index contributed by atoms with van der Waals surface area (Å²) in [4.78, 5) is 11.6. The molecule has 1 aromatic carbocycles. The van der Waals surface area contributed by atoms with E-state index in [1.54, 1.807) is 0 Å². The van der Waals surface area contributed by atoms with Gasteiger partial charge in [0.1, 0.15) is 5.82 Å². The Morgan fingerprint density at radius 3 is 2.77 bits per heavy atom. The van der Waals surface area contributed by atoms with E-state index in [1.807, 2.05) is 30.6 Å². The highest BCUT2D eigenvalue weighted by atomic mass is 15.3. The first-order chi connectivity index (χ1) is 12.8. The van der Waals surface area contributed by atoms with Crippen LogP contribution in [-0.2, 0) is 0 Å². The highest BCUT2D eigenvalue weighted by Crippen LogP contribution is 2.29. The number of aromatic nitrogens is 4. The van der Waals surface area contributed by atoms with Crippen molar-refractivity contribution in [3.8, 4) is 0 Å². The Kier molecular flexibility index (Phi) is 3.93. The van der Waals surface area contributed by atoms with Crippen LogP contribution in [0.2, 0.25) is 0 Å². The summed E-state index contributed by atoms with van der Waals surface area (Å²) in [5, 5.41) is 15.0. The Bertz CT molecular complexity index is 892. The van der Waals surface area contributed by atoms with E-state index < -0.39 is 0 Å². The molecular weight excluding hydrogens is 326 g/mol. The zero-order valence-electron chi connectivity index (χ0n) is 14.7. The molecule has 0 radical (unpaired) electrons. The van der Waals surface area contributed by atoms with Crippen LogP contribution in [0.1, 0.15) is 12.8 Å². The highest BCUT2D eigenvalue weighted by Gasteiger charge is 2.30. The average molecular weight is 349 g/mol. The summed E-state index contributed by atoms with van der Waals surface area (Å²) in [6.45, 7) is 4.40. The van der Waals surface area contributed by atoms with E-state index in [-0.39, 0.29) is 0 Å². The summed E-state index contributed by atoms with van der Waals surface area (Å²) in [7, 11) is 0. The minimum Gasteiger partial charge on any atom is -0.341 e. The molecule has 2 aliphatic heterocycles. The van der Waals surface area contributed by atoms with Crippen molar-refractivity contribution in [2.75, 3.05) is 36.4 Å². The fraction of sp³-hybridized carbons (Fsp3) is 0.421. The van der Waals surface area contributed by atoms with Gasteiger partial charge in [-0.25, -0.2) is 4.98 Å². The Balaban J connectivity index is 1.33. The molecule has 0 spiro atoms. The molecule has 0 bridgehead atoms. The zero-order chi connectivity index (χ0) is 17.3. The van der Waals surface area contributed by atoms with E-state index in [1.165, 1.54) is 12.8 Å². The van der Waals surface area contributed by atoms with Crippen molar-refractivity contribution in [2.45, 2.75) is 12.8 Å². The maximum atomic E-state index is 4.76. The molecule has 2 aromatic heterocycles. The van der Waals surface area contributed by atoms with Crippen LogP contribution in [0.5, 0.6) is 0 Å². The quantitative estimate of drug-likeness (QED) is 0.674. The molecule has 5 rings (SSSR count). The maximum absolute atomic E-state index is 4.76. The van der Waals surface area contributed by atoms with Gasteiger partial charge in [0.05, 0.1) is 11.7 Å². The van der Waals surface area contributed by atoms with Gasteiger partial charge in [0.15, 0.2) is 0 Å². The molecule has 2 saturated heterocycles. The van der Waals surface area contributed by atoms with E-state index in [9.17, 15) is 0 Å². The van der Waals surface area contributed by atoms with Crippen molar-refractivity contribution in [3.63, 3.8) is 0 Å². The fourth-order valence-corrected chi connectivity index (χ4v) is 4.16. The number of rotatable bonds is 3. The number of anilines is 3. The molecule has 134 valence electrons. The average Bonchev–Trinajstić information content (AvgIpc) is 3.27. The van der Waals surface area contributed by atoms with Gasteiger partial charge in [-0.05, 0) is 62.0 Å². The minimum absolute atomic E-state index is 0.808. The van der Waals surface area contributed by atoms with Crippen molar-refractivity contribution in [2.24, 2.45) is 11.8 Å². The first kappa shape index (κ1) is 15.6. The molecule has 0 amide bonds. The molecule has 2 atom stereocenters. The SMILES string of the molecule is c1cc(Nc2ccc3[nH]ncc3c2)nc(N2CCC3CNCC3CC2)n1. The molecule has 26 heavy (non-hydrogen) atoms. The minimum atomic E-state index is 0.808. The van der Waals surface area contributed by atoms with Crippen LogP contribution in [0.4, 0.5) is 17.5 Å². The van der Waals surface area contributed by atoms with Crippen molar-refractivity contribution in [3.05, 3.63) is 36.7 Å². The predicted molar refractivity (Wildman–Crippen MR) is 103 cm³/mol. The second-order valence-electron chi connectivity index (χ2n) is 7.28. The standard InChI is InChI=1S/C19H23N7/c1-2-17-15(12-22-25-17)9-16(1)23-18-3-6-21-19(24-18)26-7-4-13-10-20-11-14(13)5-8-26/h1-3,6,9,12-14,20H,4-5,7-8,10-11H2,(H,22,25)(H,21,23,24). The molecule has 2 fully saturated rings. The van der Waals surface area contributed by atoms with Gasteiger partial charge in [-0.15, -0.1) is 0 Å². The number of nitrogens with one attached hydrogen (secondary N) is 3. The van der Waals surface area contributed by atoms with Gasteiger partial charge in [-0.3, -0.25) is 5.10 Å². The molecule has 2 aliphatic rings. The summed E-state index contributed by atoms with van der Waals surface area (Å²) in [5.41, 5.74) is 2.03. The molecule has 7 heteroatoms. The number of H-pyrrole nitrogens is 1. The van der Waals surface area contributed by atoms with E-state index in [0.717, 1.165) is 66.4 Å². The summed E-state index contributed by atoms with van der Waals surface area (Å²) < 4.78 is 0. The maximum Gasteiger partial charge on any atom is 0.227 e. The summed E-state index contributed by atoms with van der Waals surface area (Å²) >= 11 is 0. The third-order valence-corrected chi connectivity index (χ3v) is 5.66. The molecule has 3 aromatic rings. The van der Waals surface area contributed by atoms with Gasteiger partial charge in [0.25, 0.3) is 0 Å². The van der Waals surface area contributed by atoms with Crippen molar-refractivity contribution in [1.82, 2.24) is 25.5 Å². The van der Waals surface area contributed by atoms with E-state index in [0.29, 0.717) is 0 Å². The Morgan fingerprint density at radius 1 is 1.08 bits per heavy atom. The predicted octanol–water partition coefficient (Wildman–Crippen LogP) is 2.53. The van der Waals surface area contributed by atoms with Gasteiger partial charge >= 0.3 is 0 Å². The van der Waals surface area contributed by atoms with E-state index in [2.05, 4.69) is 36.8 Å². The van der Waals surface area contributed by atoms with E-state index in [4.69, 9.17) is 4.98 Å². The normalized spacial score (nSPS) is 23.0. The van der Waals surface area contributed by atoms with Gasteiger partial charge in [0.2, 0.25) is 5.95 Å². The largest absolute Gasteiger partial charge is 0.341 e. The number of hydrogen-bond donors (Lipinski definition) is 3. The molecular formula is C19H23N7. The first-order valence-corrected chi connectivity index (χ1v) is 9.34. The second-order valence-corrected chi connectivity index (χ2v) is 7.28. The lowest BCUT2D eigenvalue weighted by atomic mass is 9.92. The Hall–Kier alpha value is -2.67. The van der Waals surface area contributed by atoms with Gasteiger partial charge in [0, 0.05) is 30.4 Å². The van der Waals surface area contributed by atoms with Gasteiger partial charge in [-0.2, -0.15) is 10.1 Å². The Morgan fingerprint density at radius 2 is 1.92 bits per heavy atom. The van der Waals surface area contributed by atoms with Crippen molar-refractivity contribution < 1.29 is 0 Å². The molecule has 2 unspecified atom stereocenters. The van der Waals surface area contributed by atoms with Crippen LogP contribution in [-0.4, -0.2) is 46.3 Å². The van der Waals surface area contributed by atoms with Crippen molar-refractivity contribution >= 4 is 28.4 Å². The number of fused-ring (bicyclic) bond motifs is 2. The van der Waals surface area contributed by atoms with Gasteiger partial charge < -0.3 is 15.5 Å². The van der Waals surface area contributed by atoms with Crippen LogP contribution in [0.3, 0.4) is 0 Å². The summed E-state index contributed by atoms with van der Waals surface area (Å²) in [6.07, 6.45) is 6.11. The van der Waals surface area contributed by atoms with Crippen LogP contribution >= 0.6 is 0 Å². The first-order valence-electron chi connectivity index (χ1n) is 9.34. The van der Waals surface area contributed by atoms with Crippen LogP contribution in [0.25, 0.3) is 10.9 Å². The Labute approximate surface area is 152 Å². The summed E-state index contributed by atoms with van der Waals surface area (Å²) in [6, 6.07) is 8.04. The third kappa shape index (κ3) is 2.99. The smallest absolute Gasteiger partial charge is 0.227 e. The molecule has 3 N–H and O–H groups in total. The molecule has 0 aliphatic carbocycles. The van der Waals surface area contributed by atoms with Crippen molar-refractivity contribution in [1.29, 1.82) is 0 Å². The molecule has 7 nitrogen and oxygen atoms in total. The van der Waals surface area contributed by atoms with Crippen LogP contribution in [0.15, 0.2) is 36.7 Å². The number of benzene rings is 1. The second kappa shape index (κ2) is 6.57.